The number of nitrogens with zero attached hydrogens (tertiary/aromatic N) is 1. The molecule has 0 fully saturated rings. The summed E-state index contributed by atoms with van der Waals surface area (Å²) in [6, 6.07) is 1.54. The Balaban J connectivity index is 2.97. The van der Waals surface area contributed by atoms with Crippen LogP contribution in [0.3, 0.4) is 0 Å². The van der Waals surface area contributed by atoms with E-state index >= 15 is 0 Å². The summed E-state index contributed by atoms with van der Waals surface area (Å²) >= 11 is 8.91. The molecule has 1 aromatic heterocycles. The van der Waals surface area contributed by atoms with Crippen LogP contribution in [0.5, 0.6) is 0 Å². The van der Waals surface area contributed by atoms with E-state index in [1.165, 1.54) is 10.6 Å². The molecule has 4 nitrogen and oxygen atoms in total. The third kappa shape index (κ3) is 2.85. The van der Waals surface area contributed by atoms with E-state index in [1.54, 1.807) is 6.20 Å². The van der Waals surface area contributed by atoms with Crippen LogP contribution in [0, 0.1) is 5.41 Å². The highest BCUT2D eigenvalue weighted by Crippen LogP contribution is 2.12. The first-order chi connectivity index (χ1) is 6.50. The summed E-state index contributed by atoms with van der Waals surface area (Å²) < 4.78 is 2.15. The molecule has 0 saturated heterocycles. The fraction of sp³-hybridized carbons (Fsp3) is 0.250. The average Bonchev–Trinajstić information content (AvgIpc) is 2.08. The van der Waals surface area contributed by atoms with Gasteiger partial charge in [-0.3, -0.25) is 10.2 Å². The summed E-state index contributed by atoms with van der Waals surface area (Å²) in [7, 11) is 0. The van der Waals surface area contributed by atoms with Crippen LogP contribution in [-0.2, 0) is 6.54 Å². The molecular weight excluding hydrogens is 269 g/mol. The molecule has 0 amide bonds. The van der Waals surface area contributed by atoms with Crippen molar-refractivity contribution in [2.75, 3.05) is 0 Å². The average molecular weight is 279 g/mol. The van der Waals surface area contributed by atoms with Crippen molar-refractivity contribution in [3.05, 3.63) is 32.1 Å². The fourth-order valence-electron chi connectivity index (χ4n) is 0.972. The van der Waals surface area contributed by atoms with Gasteiger partial charge in [-0.25, -0.2) is 0 Å². The van der Waals surface area contributed by atoms with Gasteiger partial charge < -0.3 is 10.3 Å². The standard InChI is InChI=1S/C8H9BrClN3O/c9-5-3-6(10)8(14)13(4-5)2-1-7(11)12/h3-4H,1-2H2,(H3,11,12). The minimum Gasteiger partial charge on any atom is -0.388 e. The molecule has 0 atom stereocenters. The number of rotatable bonds is 3. The molecule has 1 aromatic rings. The van der Waals surface area contributed by atoms with Crippen molar-refractivity contribution in [3.63, 3.8) is 0 Å². The van der Waals surface area contributed by atoms with Gasteiger partial charge in [-0.15, -0.1) is 0 Å². The van der Waals surface area contributed by atoms with E-state index < -0.39 is 0 Å². The van der Waals surface area contributed by atoms with E-state index in [9.17, 15) is 4.79 Å². The Kier molecular flexibility index (Phi) is 3.71. The normalized spacial score (nSPS) is 10.1. The van der Waals surface area contributed by atoms with Crippen LogP contribution in [0.15, 0.2) is 21.5 Å². The number of nitrogens with two attached hydrogens (primary N) is 1. The van der Waals surface area contributed by atoms with E-state index in [0.717, 1.165) is 4.47 Å². The van der Waals surface area contributed by atoms with Crippen molar-refractivity contribution in [3.8, 4) is 0 Å². The molecular formula is C8H9BrClN3O. The van der Waals surface area contributed by atoms with Gasteiger partial charge in [0.05, 0.1) is 5.84 Å². The maximum absolute atomic E-state index is 11.4. The SMILES string of the molecule is N=C(N)CCn1cc(Br)cc(Cl)c1=O. The van der Waals surface area contributed by atoms with Crippen molar-refractivity contribution >= 4 is 33.4 Å². The minimum atomic E-state index is -0.267. The van der Waals surface area contributed by atoms with Gasteiger partial charge >= 0.3 is 0 Å². The molecule has 0 unspecified atom stereocenters. The molecule has 3 N–H and O–H groups in total. The smallest absolute Gasteiger partial charge is 0.269 e. The maximum Gasteiger partial charge on any atom is 0.269 e. The van der Waals surface area contributed by atoms with Gasteiger partial charge in [0.2, 0.25) is 0 Å². The van der Waals surface area contributed by atoms with Crippen molar-refractivity contribution < 1.29 is 0 Å². The van der Waals surface area contributed by atoms with E-state index in [2.05, 4.69) is 15.9 Å². The molecule has 0 aliphatic heterocycles. The zero-order chi connectivity index (χ0) is 10.7. The zero-order valence-electron chi connectivity index (χ0n) is 7.26. The largest absolute Gasteiger partial charge is 0.388 e. The Hall–Kier alpha value is -0.810. The Bertz CT molecular complexity index is 416. The molecule has 14 heavy (non-hydrogen) atoms. The van der Waals surface area contributed by atoms with Crippen LogP contribution in [-0.4, -0.2) is 10.4 Å². The first-order valence-corrected chi connectivity index (χ1v) is 5.06. The van der Waals surface area contributed by atoms with Gasteiger partial charge in [0.15, 0.2) is 0 Å². The number of pyridine rings is 1. The molecule has 0 aromatic carbocycles. The second kappa shape index (κ2) is 4.61. The van der Waals surface area contributed by atoms with Crippen LogP contribution < -0.4 is 11.3 Å². The molecule has 1 heterocycles. The summed E-state index contributed by atoms with van der Waals surface area (Å²) in [5.41, 5.74) is 4.92. The highest BCUT2D eigenvalue weighted by molar-refractivity contribution is 9.10. The third-order valence-electron chi connectivity index (χ3n) is 1.63. The number of nitrogens with one attached hydrogen (secondary N) is 1. The van der Waals surface area contributed by atoms with Gasteiger partial charge in [-0.2, -0.15) is 0 Å². The zero-order valence-corrected chi connectivity index (χ0v) is 9.60. The topological polar surface area (TPSA) is 71.9 Å². The van der Waals surface area contributed by atoms with Gasteiger partial charge in [-0.05, 0) is 22.0 Å². The molecule has 1 rings (SSSR count). The quantitative estimate of drug-likeness (QED) is 0.651. The number of amidine groups is 1. The highest BCUT2D eigenvalue weighted by Gasteiger charge is 2.03. The van der Waals surface area contributed by atoms with E-state index in [0.29, 0.717) is 13.0 Å². The van der Waals surface area contributed by atoms with E-state index in [4.69, 9.17) is 22.7 Å². The minimum absolute atomic E-state index is 0.0491. The van der Waals surface area contributed by atoms with Crippen molar-refractivity contribution in [2.24, 2.45) is 5.73 Å². The number of hydrogen-bond acceptors (Lipinski definition) is 2. The number of hydrogen-bond donors (Lipinski definition) is 2. The lowest BCUT2D eigenvalue weighted by atomic mass is 10.4. The van der Waals surface area contributed by atoms with Crippen LogP contribution >= 0.6 is 27.5 Å². The molecule has 76 valence electrons. The van der Waals surface area contributed by atoms with Crippen LogP contribution in [0.2, 0.25) is 5.02 Å². The van der Waals surface area contributed by atoms with Gasteiger partial charge in [0.25, 0.3) is 5.56 Å². The monoisotopic (exact) mass is 277 g/mol. The maximum atomic E-state index is 11.4. The van der Waals surface area contributed by atoms with Gasteiger partial charge in [-0.1, -0.05) is 11.6 Å². The lowest BCUT2D eigenvalue weighted by Gasteiger charge is -2.05. The highest BCUT2D eigenvalue weighted by atomic mass is 79.9. The van der Waals surface area contributed by atoms with Crippen molar-refractivity contribution in [1.29, 1.82) is 5.41 Å². The van der Waals surface area contributed by atoms with Gasteiger partial charge in [0, 0.05) is 23.6 Å². The second-order valence-corrected chi connectivity index (χ2v) is 4.10. The van der Waals surface area contributed by atoms with E-state index in [1.807, 2.05) is 0 Å². The summed E-state index contributed by atoms with van der Waals surface area (Å²) in [4.78, 5) is 11.4. The summed E-state index contributed by atoms with van der Waals surface area (Å²) in [5.74, 6) is 0.0491. The second-order valence-electron chi connectivity index (χ2n) is 2.78. The van der Waals surface area contributed by atoms with Crippen LogP contribution in [0.4, 0.5) is 0 Å². The Labute approximate surface area is 94.3 Å². The molecule has 0 spiro atoms. The predicted molar refractivity (Wildman–Crippen MR) is 59.9 cm³/mol. The molecule has 0 bridgehead atoms. The number of aryl methyl sites for hydroxylation is 1. The lowest BCUT2D eigenvalue weighted by Crippen LogP contribution is -2.23. The summed E-state index contributed by atoms with van der Waals surface area (Å²) in [6.45, 7) is 0.368. The van der Waals surface area contributed by atoms with Crippen molar-refractivity contribution in [1.82, 2.24) is 4.57 Å². The lowest BCUT2D eigenvalue weighted by molar-refractivity contribution is 0.689. The predicted octanol–water partition coefficient (Wildman–Crippen LogP) is 1.59. The number of aromatic nitrogens is 1. The molecule has 0 radical (unpaired) electrons. The van der Waals surface area contributed by atoms with E-state index in [-0.39, 0.29) is 16.4 Å². The number of halogens is 2. The molecule has 0 saturated carbocycles. The Morgan fingerprint density at radius 3 is 2.93 bits per heavy atom. The Morgan fingerprint density at radius 1 is 1.71 bits per heavy atom. The van der Waals surface area contributed by atoms with Crippen LogP contribution in [0.1, 0.15) is 6.42 Å². The van der Waals surface area contributed by atoms with Crippen LogP contribution in [0.25, 0.3) is 0 Å². The van der Waals surface area contributed by atoms with Crippen molar-refractivity contribution in [2.45, 2.75) is 13.0 Å². The molecule has 6 heteroatoms. The summed E-state index contributed by atoms with van der Waals surface area (Å²) in [5, 5.41) is 7.19. The first kappa shape index (κ1) is 11.3. The third-order valence-corrected chi connectivity index (χ3v) is 2.34. The molecule has 0 aliphatic carbocycles. The fourth-order valence-corrected chi connectivity index (χ4v) is 1.81. The summed E-state index contributed by atoms with van der Waals surface area (Å²) in [6.07, 6.45) is 1.96. The first-order valence-electron chi connectivity index (χ1n) is 3.89. The Morgan fingerprint density at radius 2 is 2.36 bits per heavy atom. The molecule has 0 aliphatic rings. The van der Waals surface area contributed by atoms with Gasteiger partial charge in [0.1, 0.15) is 5.02 Å².